The zero-order valence-corrected chi connectivity index (χ0v) is 8.28. The van der Waals surface area contributed by atoms with Crippen LogP contribution >= 0.6 is 0 Å². The molecule has 1 aliphatic rings. The predicted octanol–water partition coefficient (Wildman–Crippen LogP) is -1.31. The van der Waals surface area contributed by atoms with Gasteiger partial charge in [-0.25, -0.2) is 0 Å². The number of aliphatic hydroxyl groups excluding tert-OH is 1. The van der Waals surface area contributed by atoms with Crippen molar-refractivity contribution in [3.63, 3.8) is 0 Å². The summed E-state index contributed by atoms with van der Waals surface area (Å²) < 4.78 is 0. The van der Waals surface area contributed by atoms with Gasteiger partial charge in [-0.3, -0.25) is 4.79 Å². The van der Waals surface area contributed by atoms with E-state index in [-0.39, 0.29) is 6.54 Å². The van der Waals surface area contributed by atoms with Crippen LogP contribution in [0.1, 0.15) is 25.7 Å². The Balaban J connectivity index is 2.16. The van der Waals surface area contributed by atoms with Crippen molar-refractivity contribution in [2.75, 3.05) is 6.54 Å². The quantitative estimate of drug-likeness (QED) is 0.453. The number of hydrogen-bond acceptors (Lipinski definition) is 4. The summed E-state index contributed by atoms with van der Waals surface area (Å²) in [7, 11) is 0. The average Bonchev–Trinajstić information content (AvgIpc) is 2.16. The Morgan fingerprint density at radius 2 is 2.00 bits per heavy atom. The van der Waals surface area contributed by atoms with Crippen LogP contribution in [0.2, 0.25) is 0 Å². The number of amides is 1. The van der Waals surface area contributed by atoms with Gasteiger partial charge in [-0.05, 0) is 25.7 Å². The maximum Gasteiger partial charge on any atom is 0.247 e. The maximum atomic E-state index is 10.5. The first-order valence-corrected chi connectivity index (χ1v) is 5.06. The number of nitrogens with one attached hydrogen (secondary N) is 1. The molecule has 1 unspecified atom stereocenters. The van der Waals surface area contributed by atoms with Crippen molar-refractivity contribution < 1.29 is 9.90 Å². The molecule has 0 aromatic heterocycles. The highest BCUT2D eigenvalue weighted by Gasteiger charge is 2.19. The number of nitrogens with two attached hydrogens (primary N) is 2. The summed E-state index contributed by atoms with van der Waals surface area (Å²) in [6.45, 7) is 0.245. The summed E-state index contributed by atoms with van der Waals surface area (Å²) in [5.41, 5.74) is 10.7. The van der Waals surface area contributed by atoms with Crippen LogP contribution < -0.4 is 16.8 Å². The first-order valence-electron chi connectivity index (χ1n) is 5.06. The third-order valence-corrected chi connectivity index (χ3v) is 2.70. The number of rotatable bonds is 4. The Morgan fingerprint density at radius 3 is 2.50 bits per heavy atom. The van der Waals surface area contributed by atoms with Gasteiger partial charge in [-0.2, -0.15) is 0 Å². The Morgan fingerprint density at radius 1 is 1.43 bits per heavy atom. The van der Waals surface area contributed by atoms with Crippen molar-refractivity contribution in [3.8, 4) is 0 Å². The zero-order chi connectivity index (χ0) is 10.6. The summed E-state index contributed by atoms with van der Waals surface area (Å²) in [5.74, 6) is -0.676. The van der Waals surface area contributed by atoms with Crippen LogP contribution in [0.5, 0.6) is 0 Å². The number of carbonyl (C=O) groups is 1. The lowest BCUT2D eigenvalue weighted by molar-refractivity contribution is -0.125. The lowest BCUT2D eigenvalue weighted by atomic mass is 9.92. The standard InChI is InChI=1S/C9H19N3O2/c10-6-1-3-7(4-2-6)12-5-8(13)9(11)14/h6-8,12-13H,1-5,10H2,(H2,11,14). The first-order chi connectivity index (χ1) is 6.59. The molecular formula is C9H19N3O2. The van der Waals surface area contributed by atoms with E-state index in [1.54, 1.807) is 0 Å². The average molecular weight is 201 g/mol. The van der Waals surface area contributed by atoms with E-state index < -0.39 is 12.0 Å². The number of primary amides is 1. The lowest BCUT2D eigenvalue weighted by Gasteiger charge is -2.27. The van der Waals surface area contributed by atoms with Crippen LogP contribution in [-0.4, -0.2) is 35.7 Å². The Hall–Kier alpha value is -0.650. The molecule has 0 radical (unpaired) electrons. The fourth-order valence-electron chi connectivity index (χ4n) is 1.70. The minimum Gasteiger partial charge on any atom is -0.382 e. The molecule has 0 aliphatic heterocycles. The molecule has 0 bridgehead atoms. The van der Waals surface area contributed by atoms with Gasteiger partial charge in [0.05, 0.1) is 0 Å². The molecule has 82 valence electrons. The molecule has 1 rings (SSSR count). The van der Waals surface area contributed by atoms with Crippen molar-refractivity contribution in [1.82, 2.24) is 5.32 Å². The highest BCUT2D eigenvalue weighted by atomic mass is 16.3. The van der Waals surface area contributed by atoms with Crippen LogP contribution in [0.25, 0.3) is 0 Å². The minimum absolute atomic E-state index is 0.245. The van der Waals surface area contributed by atoms with Crippen molar-refractivity contribution in [2.45, 2.75) is 43.9 Å². The number of hydrogen-bond donors (Lipinski definition) is 4. The van der Waals surface area contributed by atoms with Crippen LogP contribution in [0.4, 0.5) is 0 Å². The van der Waals surface area contributed by atoms with Gasteiger partial charge in [0.2, 0.25) is 5.91 Å². The van der Waals surface area contributed by atoms with Gasteiger partial charge in [-0.15, -0.1) is 0 Å². The van der Waals surface area contributed by atoms with E-state index in [1.807, 2.05) is 0 Å². The van der Waals surface area contributed by atoms with Crippen molar-refractivity contribution in [2.24, 2.45) is 11.5 Å². The molecule has 1 atom stereocenters. The van der Waals surface area contributed by atoms with E-state index in [1.165, 1.54) is 0 Å². The molecule has 1 saturated carbocycles. The van der Waals surface area contributed by atoms with Crippen LogP contribution in [0.3, 0.4) is 0 Å². The first kappa shape index (κ1) is 11.4. The van der Waals surface area contributed by atoms with Crippen LogP contribution in [-0.2, 0) is 4.79 Å². The van der Waals surface area contributed by atoms with Gasteiger partial charge in [0.25, 0.3) is 0 Å². The molecule has 6 N–H and O–H groups in total. The smallest absolute Gasteiger partial charge is 0.247 e. The van der Waals surface area contributed by atoms with Gasteiger partial charge in [-0.1, -0.05) is 0 Å². The van der Waals surface area contributed by atoms with E-state index >= 15 is 0 Å². The predicted molar refractivity (Wildman–Crippen MR) is 53.4 cm³/mol. The second kappa shape index (κ2) is 5.29. The molecule has 1 aliphatic carbocycles. The topological polar surface area (TPSA) is 101 Å². The molecule has 0 aromatic rings. The van der Waals surface area contributed by atoms with Crippen LogP contribution in [0, 0.1) is 0 Å². The zero-order valence-electron chi connectivity index (χ0n) is 8.28. The van der Waals surface area contributed by atoms with E-state index in [0.717, 1.165) is 25.7 Å². The van der Waals surface area contributed by atoms with Gasteiger partial charge in [0, 0.05) is 18.6 Å². The fraction of sp³-hybridized carbons (Fsp3) is 0.889. The summed E-state index contributed by atoms with van der Waals surface area (Å²) in [6, 6.07) is 0.679. The van der Waals surface area contributed by atoms with Crippen LogP contribution in [0.15, 0.2) is 0 Å². The second-order valence-electron chi connectivity index (χ2n) is 3.94. The Kier molecular flexibility index (Phi) is 4.31. The summed E-state index contributed by atoms with van der Waals surface area (Å²) in [5, 5.41) is 12.3. The molecule has 1 amide bonds. The van der Waals surface area contributed by atoms with Gasteiger partial charge >= 0.3 is 0 Å². The molecule has 1 fully saturated rings. The summed E-state index contributed by atoms with van der Waals surface area (Å²) in [6.07, 6.45) is 2.94. The molecule has 14 heavy (non-hydrogen) atoms. The van der Waals surface area contributed by atoms with E-state index in [0.29, 0.717) is 12.1 Å². The fourth-order valence-corrected chi connectivity index (χ4v) is 1.70. The largest absolute Gasteiger partial charge is 0.382 e. The Labute approximate surface area is 83.8 Å². The van der Waals surface area contributed by atoms with E-state index in [2.05, 4.69) is 5.32 Å². The molecule has 0 spiro atoms. The minimum atomic E-state index is -1.08. The number of aliphatic hydroxyl groups is 1. The third-order valence-electron chi connectivity index (χ3n) is 2.70. The highest BCUT2D eigenvalue weighted by Crippen LogP contribution is 2.16. The van der Waals surface area contributed by atoms with Gasteiger partial charge < -0.3 is 21.9 Å². The maximum absolute atomic E-state index is 10.5. The normalized spacial score (nSPS) is 29.9. The molecular weight excluding hydrogens is 182 g/mol. The van der Waals surface area contributed by atoms with Gasteiger partial charge in [0.15, 0.2) is 0 Å². The van der Waals surface area contributed by atoms with Crippen molar-refractivity contribution in [3.05, 3.63) is 0 Å². The lowest BCUT2D eigenvalue weighted by Crippen LogP contribution is -2.44. The SMILES string of the molecule is NC(=O)C(O)CNC1CCC(N)CC1. The van der Waals surface area contributed by atoms with Gasteiger partial charge in [0.1, 0.15) is 6.10 Å². The monoisotopic (exact) mass is 201 g/mol. The third kappa shape index (κ3) is 3.61. The molecule has 5 heteroatoms. The molecule has 0 heterocycles. The van der Waals surface area contributed by atoms with E-state index in [9.17, 15) is 4.79 Å². The number of carbonyl (C=O) groups excluding carboxylic acids is 1. The van der Waals surface area contributed by atoms with E-state index in [4.69, 9.17) is 16.6 Å². The summed E-state index contributed by atoms with van der Waals surface area (Å²) >= 11 is 0. The van der Waals surface area contributed by atoms with Crippen molar-refractivity contribution in [1.29, 1.82) is 0 Å². The summed E-state index contributed by atoms with van der Waals surface area (Å²) in [4.78, 5) is 10.5. The highest BCUT2D eigenvalue weighted by molar-refractivity contribution is 5.78. The van der Waals surface area contributed by atoms with Crippen molar-refractivity contribution >= 4 is 5.91 Å². The Bertz CT molecular complexity index is 190. The molecule has 0 saturated heterocycles. The molecule has 0 aromatic carbocycles. The second-order valence-corrected chi connectivity index (χ2v) is 3.94. The molecule has 5 nitrogen and oxygen atoms in total.